The average molecular weight is 289 g/mol. The monoisotopic (exact) mass is 289 g/mol. The smallest absolute Gasteiger partial charge is 0.377 e. The summed E-state index contributed by atoms with van der Waals surface area (Å²) in [5.41, 5.74) is 6.78. The molecule has 3 N–H and O–H groups in total. The number of carbonyl (C=O) groups is 2. The summed E-state index contributed by atoms with van der Waals surface area (Å²) in [6, 6.07) is 6.19. The molecule has 110 valence electrons. The summed E-state index contributed by atoms with van der Waals surface area (Å²) >= 11 is 0. The van der Waals surface area contributed by atoms with Crippen molar-refractivity contribution in [1.29, 1.82) is 0 Å². The van der Waals surface area contributed by atoms with E-state index in [2.05, 4.69) is 20.1 Å². The van der Waals surface area contributed by atoms with E-state index in [1.165, 1.54) is 18.1 Å². The Hall–Kier alpha value is -2.90. The molecule has 2 aromatic rings. The van der Waals surface area contributed by atoms with Gasteiger partial charge in [0.25, 0.3) is 5.82 Å². The van der Waals surface area contributed by atoms with Crippen LogP contribution in [0.5, 0.6) is 0 Å². The van der Waals surface area contributed by atoms with Crippen molar-refractivity contribution in [3.8, 4) is 0 Å². The number of nitrogens with two attached hydrogens (primary N) is 1. The van der Waals surface area contributed by atoms with Crippen LogP contribution in [0.25, 0.3) is 0 Å². The molecule has 0 aliphatic rings. The van der Waals surface area contributed by atoms with Crippen LogP contribution < -0.4 is 11.1 Å². The first kappa shape index (κ1) is 14.5. The molecule has 0 saturated carbocycles. The lowest BCUT2D eigenvalue weighted by Gasteiger charge is -2.12. The minimum absolute atomic E-state index is 0.0962. The van der Waals surface area contributed by atoms with Crippen LogP contribution >= 0.6 is 0 Å². The van der Waals surface area contributed by atoms with Crippen molar-refractivity contribution < 1.29 is 14.3 Å². The summed E-state index contributed by atoms with van der Waals surface area (Å²) in [5.74, 6) is -1.06. The van der Waals surface area contributed by atoms with Crippen LogP contribution in [0, 0.1) is 0 Å². The number of esters is 1. The van der Waals surface area contributed by atoms with Crippen LogP contribution in [0.3, 0.4) is 0 Å². The topological polar surface area (TPSA) is 112 Å². The maximum absolute atomic E-state index is 12.1. The highest BCUT2D eigenvalue weighted by molar-refractivity contribution is 5.93. The second kappa shape index (κ2) is 6.04. The van der Waals surface area contributed by atoms with Crippen molar-refractivity contribution in [3.63, 3.8) is 0 Å². The van der Waals surface area contributed by atoms with Crippen molar-refractivity contribution in [2.45, 2.75) is 13.0 Å². The molecule has 0 radical (unpaired) electrons. The first-order valence-corrected chi connectivity index (χ1v) is 6.17. The van der Waals surface area contributed by atoms with Gasteiger partial charge in [-0.2, -0.15) is 0 Å². The molecule has 21 heavy (non-hydrogen) atoms. The van der Waals surface area contributed by atoms with E-state index in [9.17, 15) is 9.59 Å². The van der Waals surface area contributed by atoms with Crippen LogP contribution in [0.4, 0.5) is 11.4 Å². The summed E-state index contributed by atoms with van der Waals surface area (Å²) < 4.78 is 5.79. The number of benzene rings is 1. The number of hydrogen-bond acceptors (Lipinski definition) is 6. The van der Waals surface area contributed by atoms with E-state index in [1.807, 2.05) is 0 Å². The Morgan fingerprint density at radius 2 is 2.19 bits per heavy atom. The maximum Gasteiger partial charge on any atom is 0.377 e. The van der Waals surface area contributed by atoms with Gasteiger partial charge in [0.1, 0.15) is 12.4 Å². The highest BCUT2D eigenvalue weighted by atomic mass is 16.5. The fourth-order valence-corrected chi connectivity index (χ4v) is 1.63. The second-order valence-electron chi connectivity index (χ2n) is 4.33. The minimum atomic E-state index is -0.655. The summed E-state index contributed by atoms with van der Waals surface area (Å²) in [4.78, 5) is 27.2. The van der Waals surface area contributed by atoms with Crippen LogP contribution in [0.1, 0.15) is 23.6 Å². The molecule has 0 bridgehead atoms. The molecule has 1 aromatic carbocycles. The molecular formula is C13H15N5O3. The average Bonchev–Trinajstić information content (AvgIpc) is 2.95. The number of amides is 1. The SMILES string of the molecule is COC(=O)c1ncn(C(C)C(=O)Nc2cccc(N)c2)n1. The second-order valence-corrected chi connectivity index (χ2v) is 4.33. The summed E-state index contributed by atoms with van der Waals surface area (Å²) in [7, 11) is 1.24. The number of anilines is 2. The highest BCUT2D eigenvalue weighted by Crippen LogP contribution is 2.14. The van der Waals surface area contributed by atoms with Gasteiger partial charge in [-0.1, -0.05) is 6.07 Å². The lowest BCUT2D eigenvalue weighted by molar-refractivity contribution is -0.119. The number of carbonyl (C=O) groups excluding carboxylic acids is 2. The number of nitrogens with zero attached hydrogens (tertiary/aromatic N) is 3. The number of nitrogens with one attached hydrogen (secondary N) is 1. The summed E-state index contributed by atoms with van der Waals surface area (Å²) in [5, 5.41) is 6.62. The van der Waals surface area contributed by atoms with E-state index in [1.54, 1.807) is 31.2 Å². The summed E-state index contributed by atoms with van der Waals surface area (Å²) in [6.45, 7) is 1.64. The molecule has 1 unspecified atom stereocenters. The standard InChI is InChI=1S/C13H15N5O3/c1-8(18-7-15-11(17-18)13(20)21-2)12(19)16-10-5-3-4-9(14)6-10/h3-8H,14H2,1-2H3,(H,16,19). The third kappa shape index (κ3) is 3.35. The molecule has 1 heterocycles. The number of hydrogen-bond donors (Lipinski definition) is 2. The van der Waals surface area contributed by atoms with Gasteiger partial charge in [-0.05, 0) is 25.1 Å². The first-order chi connectivity index (χ1) is 10.0. The van der Waals surface area contributed by atoms with Crippen LogP contribution in [-0.2, 0) is 9.53 Å². The Kier molecular flexibility index (Phi) is 4.17. The Balaban J connectivity index is 2.08. The molecule has 8 heteroatoms. The van der Waals surface area contributed by atoms with Crippen LogP contribution in [-0.4, -0.2) is 33.8 Å². The zero-order chi connectivity index (χ0) is 15.4. The Morgan fingerprint density at radius 3 is 2.86 bits per heavy atom. The van der Waals surface area contributed by atoms with Crippen molar-refractivity contribution in [1.82, 2.24) is 14.8 Å². The van der Waals surface area contributed by atoms with Gasteiger partial charge < -0.3 is 15.8 Å². The molecule has 0 fully saturated rings. The van der Waals surface area contributed by atoms with Gasteiger partial charge in [0.2, 0.25) is 5.91 Å². The largest absolute Gasteiger partial charge is 0.463 e. The van der Waals surface area contributed by atoms with Gasteiger partial charge in [-0.3, -0.25) is 4.79 Å². The third-order valence-corrected chi connectivity index (χ3v) is 2.81. The van der Waals surface area contributed by atoms with E-state index < -0.39 is 12.0 Å². The Labute approximate surface area is 120 Å². The molecule has 0 spiro atoms. The molecular weight excluding hydrogens is 274 g/mol. The molecule has 1 atom stereocenters. The lowest BCUT2D eigenvalue weighted by Crippen LogP contribution is -2.24. The molecule has 0 saturated heterocycles. The predicted octanol–water partition coefficient (Wildman–Crippen LogP) is 0.847. The predicted molar refractivity (Wildman–Crippen MR) is 75.6 cm³/mol. The quantitative estimate of drug-likeness (QED) is 0.637. The van der Waals surface area contributed by atoms with Crippen molar-refractivity contribution >= 4 is 23.3 Å². The zero-order valence-electron chi connectivity index (χ0n) is 11.6. The molecule has 2 rings (SSSR count). The van der Waals surface area contributed by atoms with Crippen molar-refractivity contribution in [2.75, 3.05) is 18.2 Å². The van der Waals surface area contributed by atoms with Gasteiger partial charge in [0.15, 0.2) is 0 Å². The van der Waals surface area contributed by atoms with E-state index in [4.69, 9.17) is 5.73 Å². The number of rotatable bonds is 4. The molecule has 1 amide bonds. The van der Waals surface area contributed by atoms with E-state index in [-0.39, 0.29) is 11.7 Å². The van der Waals surface area contributed by atoms with Gasteiger partial charge in [-0.15, -0.1) is 5.10 Å². The summed E-state index contributed by atoms with van der Waals surface area (Å²) in [6.07, 6.45) is 1.30. The number of ether oxygens (including phenoxy) is 1. The Bertz CT molecular complexity index is 667. The molecule has 0 aliphatic carbocycles. The third-order valence-electron chi connectivity index (χ3n) is 2.81. The van der Waals surface area contributed by atoms with E-state index in [0.717, 1.165) is 0 Å². The Morgan fingerprint density at radius 1 is 1.43 bits per heavy atom. The molecule has 1 aromatic heterocycles. The maximum atomic E-state index is 12.1. The normalized spacial score (nSPS) is 11.7. The lowest BCUT2D eigenvalue weighted by atomic mass is 10.2. The van der Waals surface area contributed by atoms with Gasteiger partial charge >= 0.3 is 5.97 Å². The van der Waals surface area contributed by atoms with Gasteiger partial charge in [0.05, 0.1) is 7.11 Å². The number of methoxy groups -OCH3 is 1. The van der Waals surface area contributed by atoms with Gasteiger partial charge in [0, 0.05) is 11.4 Å². The minimum Gasteiger partial charge on any atom is -0.463 e. The van der Waals surface area contributed by atoms with E-state index >= 15 is 0 Å². The highest BCUT2D eigenvalue weighted by Gasteiger charge is 2.19. The number of nitrogen functional groups attached to an aromatic ring is 1. The zero-order valence-corrected chi connectivity index (χ0v) is 11.6. The van der Waals surface area contributed by atoms with Crippen LogP contribution in [0.2, 0.25) is 0 Å². The van der Waals surface area contributed by atoms with Gasteiger partial charge in [-0.25, -0.2) is 14.5 Å². The first-order valence-electron chi connectivity index (χ1n) is 6.17. The molecule has 0 aliphatic heterocycles. The van der Waals surface area contributed by atoms with E-state index in [0.29, 0.717) is 11.4 Å². The van der Waals surface area contributed by atoms with Crippen molar-refractivity contribution in [2.24, 2.45) is 0 Å². The number of aromatic nitrogens is 3. The van der Waals surface area contributed by atoms with Crippen LogP contribution in [0.15, 0.2) is 30.6 Å². The molecule has 8 nitrogen and oxygen atoms in total. The fraction of sp³-hybridized carbons (Fsp3) is 0.231. The fourth-order valence-electron chi connectivity index (χ4n) is 1.63. The van der Waals surface area contributed by atoms with Crippen molar-refractivity contribution in [3.05, 3.63) is 36.4 Å².